The summed E-state index contributed by atoms with van der Waals surface area (Å²) in [5.74, 6) is -2.34. The number of hydroxylamine groups is 2. The van der Waals surface area contributed by atoms with Crippen molar-refractivity contribution in [3.63, 3.8) is 0 Å². The van der Waals surface area contributed by atoms with Crippen molar-refractivity contribution in [1.82, 2.24) is 9.96 Å². The zero-order chi connectivity index (χ0) is 23.0. The molecule has 2 aliphatic rings. The molecule has 2 heterocycles. The van der Waals surface area contributed by atoms with Crippen LogP contribution in [0.1, 0.15) is 38.8 Å². The van der Waals surface area contributed by atoms with Gasteiger partial charge in [0.2, 0.25) is 0 Å². The molecule has 5 rings (SSSR count). The van der Waals surface area contributed by atoms with E-state index in [-0.39, 0.29) is 11.1 Å². The molecule has 0 aliphatic carbocycles. The summed E-state index contributed by atoms with van der Waals surface area (Å²) in [7, 11) is 0. The summed E-state index contributed by atoms with van der Waals surface area (Å²) < 4.78 is 0. The van der Waals surface area contributed by atoms with Gasteiger partial charge in [0.05, 0.1) is 17.0 Å². The third kappa shape index (κ3) is 3.72. The molecule has 2 amide bonds. The third-order valence-corrected chi connectivity index (χ3v) is 6.67. The molecule has 0 radical (unpaired) electrons. The van der Waals surface area contributed by atoms with Crippen LogP contribution in [-0.2, 0) is 21.6 Å². The fraction of sp³-hybridized carbons (Fsp3) is 0.222. The highest BCUT2D eigenvalue weighted by Crippen LogP contribution is 2.40. The molecule has 3 aromatic rings. The van der Waals surface area contributed by atoms with Crippen LogP contribution in [0.25, 0.3) is 0 Å². The number of amides is 2. The molecule has 1 saturated heterocycles. The Morgan fingerprint density at radius 3 is 2.03 bits per heavy atom. The second-order valence-corrected chi connectivity index (χ2v) is 8.85. The van der Waals surface area contributed by atoms with Crippen molar-refractivity contribution in [1.29, 1.82) is 0 Å². The normalized spacial score (nSPS) is 22.5. The van der Waals surface area contributed by atoms with Crippen molar-refractivity contribution in [2.75, 3.05) is 13.1 Å². The number of rotatable bonds is 5. The van der Waals surface area contributed by atoms with E-state index in [2.05, 4.69) is 17.0 Å². The van der Waals surface area contributed by atoms with Crippen LogP contribution in [0.4, 0.5) is 0 Å². The number of hydrogen-bond donors (Lipinski definition) is 0. The SMILES string of the molecule is C[C@]1(c2ccccc2)CN(Cc2ccccc2)C[C@@H]1C(=O)ON1C(=O)c2ccccc2C1=O. The Balaban J connectivity index is 1.41. The van der Waals surface area contributed by atoms with E-state index < -0.39 is 29.1 Å². The number of nitrogens with zero attached hydrogens (tertiary/aromatic N) is 2. The molecule has 2 aliphatic heterocycles. The number of carbonyl (C=O) groups is 3. The van der Waals surface area contributed by atoms with E-state index in [1.807, 2.05) is 55.5 Å². The topological polar surface area (TPSA) is 66.9 Å². The maximum absolute atomic E-state index is 13.4. The van der Waals surface area contributed by atoms with Gasteiger partial charge in [-0.05, 0) is 23.3 Å². The fourth-order valence-corrected chi connectivity index (χ4v) is 4.91. The first kappa shape index (κ1) is 21.1. The van der Waals surface area contributed by atoms with Crippen LogP contribution in [0.2, 0.25) is 0 Å². The van der Waals surface area contributed by atoms with E-state index in [1.54, 1.807) is 24.3 Å². The second kappa shape index (κ2) is 8.30. The molecule has 0 bridgehead atoms. The smallest absolute Gasteiger partial charge is 0.329 e. The Morgan fingerprint density at radius 2 is 1.42 bits per heavy atom. The van der Waals surface area contributed by atoms with Gasteiger partial charge in [0.1, 0.15) is 0 Å². The van der Waals surface area contributed by atoms with Gasteiger partial charge in [-0.15, -0.1) is 0 Å². The summed E-state index contributed by atoms with van der Waals surface area (Å²) in [5.41, 5.74) is 2.13. The number of carbonyl (C=O) groups excluding carboxylic acids is 3. The Labute approximate surface area is 192 Å². The molecular formula is C27H24N2O4. The predicted octanol–water partition coefficient (Wildman–Crippen LogP) is 3.83. The summed E-state index contributed by atoms with van der Waals surface area (Å²) in [6, 6.07) is 26.4. The number of hydrogen-bond acceptors (Lipinski definition) is 5. The average molecular weight is 440 g/mol. The average Bonchev–Trinajstić information content (AvgIpc) is 3.30. The van der Waals surface area contributed by atoms with E-state index >= 15 is 0 Å². The van der Waals surface area contributed by atoms with Gasteiger partial charge in [-0.3, -0.25) is 14.5 Å². The largest absolute Gasteiger partial charge is 0.338 e. The van der Waals surface area contributed by atoms with Gasteiger partial charge in [0, 0.05) is 25.0 Å². The van der Waals surface area contributed by atoms with Gasteiger partial charge >= 0.3 is 5.97 Å². The van der Waals surface area contributed by atoms with Gasteiger partial charge in [0.15, 0.2) is 0 Å². The maximum atomic E-state index is 13.4. The molecule has 33 heavy (non-hydrogen) atoms. The molecular weight excluding hydrogens is 416 g/mol. The first-order chi connectivity index (χ1) is 16.0. The summed E-state index contributed by atoms with van der Waals surface area (Å²) in [6.07, 6.45) is 0. The van der Waals surface area contributed by atoms with Crippen molar-refractivity contribution in [3.8, 4) is 0 Å². The van der Waals surface area contributed by atoms with Crippen LogP contribution in [0, 0.1) is 5.92 Å². The van der Waals surface area contributed by atoms with Gasteiger partial charge in [0.25, 0.3) is 11.8 Å². The number of fused-ring (bicyclic) bond motifs is 1. The summed E-state index contributed by atoms with van der Waals surface area (Å²) >= 11 is 0. The van der Waals surface area contributed by atoms with Crippen LogP contribution in [0.3, 0.4) is 0 Å². The number of likely N-dealkylation sites (tertiary alicyclic amines) is 1. The van der Waals surface area contributed by atoms with Crippen molar-refractivity contribution in [2.45, 2.75) is 18.9 Å². The minimum atomic E-state index is -0.607. The number of imide groups is 1. The minimum absolute atomic E-state index is 0.248. The highest BCUT2D eigenvalue weighted by Gasteiger charge is 2.50. The van der Waals surface area contributed by atoms with Gasteiger partial charge in [-0.25, -0.2) is 4.79 Å². The molecule has 166 valence electrons. The lowest BCUT2D eigenvalue weighted by atomic mass is 9.74. The molecule has 3 aromatic carbocycles. The van der Waals surface area contributed by atoms with E-state index in [9.17, 15) is 14.4 Å². The van der Waals surface area contributed by atoms with Crippen molar-refractivity contribution in [3.05, 3.63) is 107 Å². The third-order valence-electron chi connectivity index (χ3n) is 6.67. The zero-order valence-corrected chi connectivity index (χ0v) is 18.3. The van der Waals surface area contributed by atoms with Crippen LogP contribution >= 0.6 is 0 Å². The highest BCUT2D eigenvalue weighted by atomic mass is 16.7. The molecule has 0 aromatic heterocycles. The molecule has 0 N–H and O–H groups in total. The lowest BCUT2D eigenvalue weighted by molar-refractivity contribution is -0.175. The van der Waals surface area contributed by atoms with Gasteiger partial charge in [-0.1, -0.05) is 84.8 Å². The standard InChI is InChI=1S/C27H24N2O4/c1-27(20-12-6-3-7-13-20)18-28(16-19-10-4-2-5-11-19)17-23(27)26(32)33-29-24(30)21-14-8-9-15-22(21)25(29)31/h2-15,23H,16-18H2,1H3/t23-,27-/m1/s1. The van der Waals surface area contributed by atoms with Gasteiger partial charge < -0.3 is 4.84 Å². The summed E-state index contributed by atoms with van der Waals surface area (Å²) in [4.78, 5) is 46.6. The molecule has 0 saturated carbocycles. The monoisotopic (exact) mass is 440 g/mol. The Bertz CT molecular complexity index is 1180. The second-order valence-electron chi connectivity index (χ2n) is 8.85. The van der Waals surface area contributed by atoms with E-state index in [1.165, 1.54) is 0 Å². The van der Waals surface area contributed by atoms with Gasteiger partial charge in [-0.2, -0.15) is 0 Å². The first-order valence-corrected chi connectivity index (χ1v) is 11.0. The van der Waals surface area contributed by atoms with E-state index in [4.69, 9.17) is 4.84 Å². The highest BCUT2D eigenvalue weighted by molar-refractivity contribution is 6.20. The molecule has 0 spiro atoms. The Kier molecular flexibility index (Phi) is 5.30. The van der Waals surface area contributed by atoms with Crippen LogP contribution in [0.15, 0.2) is 84.9 Å². The molecule has 1 fully saturated rings. The first-order valence-electron chi connectivity index (χ1n) is 11.0. The van der Waals surface area contributed by atoms with E-state index in [0.717, 1.165) is 11.1 Å². The lowest BCUT2D eigenvalue weighted by Gasteiger charge is -2.30. The van der Waals surface area contributed by atoms with Crippen molar-refractivity contribution < 1.29 is 19.2 Å². The summed E-state index contributed by atoms with van der Waals surface area (Å²) in [6.45, 7) is 3.85. The summed E-state index contributed by atoms with van der Waals surface area (Å²) in [5, 5.41) is 0.609. The van der Waals surface area contributed by atoms with Crippen molar-refractivity contribution in [2.24, 2.45) is 5.92 Å². The van der Waals surface area contributed by atoms with Crippen molar-refractivity contribution >= 4 is 17.8 Å². The maximum Gasteiger partial charge on any atom is 0.338 e. The molecule has 6 heteroatoms. The molecule has 6 nitrogen and oxygen atoms in total. The predicted molar refractivity (Wildman–Crippen MR) is 122 cm³/mol. The Morgan fingerprint density at radius 1 is 0.879 bits per heavy atom. The molecule has 2 atom stereocenters. The van der Waals surface area contributed by atoms with Crippen LogP contribution in [-0.4, -0.2) is 40.8 Å². The zero-order valence-electron chi connectivity index (χ0n) is 18.3. The van der Waals surface area contributed by atoms with Crippen LogP contribution < -0.4 is 0 Å². The van der Waals surface area contributed by atoms with E-state index in [0.29, 0.717) is 24.7 Å². The fourth-order valence-electron chi connectivity index (χ4n) is 4.91. The van der Waals surface area contributed by atoms with Crippen LogP contribution in [0.5, 0.6) is 0 Å². The Hall–Kier alpha value is -3.77. The minimum Gasteiger partial charge on any atom is -0.329 e. The lowest BCUT2D eigenvalue weighted by Crippen LogP contribution is -2.42. The quantitative estimate of drug-likeness (QED) is 0.564. The molecule has 0 unspecified atom stereocenters. The number of benzene rings is 3.